The first-order valence-corrected chi connectivity index (χ1v) is 6.44. The first-order valence-electron chi connectivity index (χ1n) is 6.44. The van der Waals surface area contributed by atoms with E-state index in [0.29, 0.717) is 0 Å². The van der Waals surface area contributed by atoms with Crippen LogP contribution < -0.4 is 5.32 Å². The molecule has 0 amide bonds. The van der Waals surface area contributed by atoms with Crippen molar-refractivity contribution in [2.45, 2.75) is 19.6 Å². The van der Waals surface area contributed by atoms with Crippen LogP contribution in [0.25, 0.3) is 0 Å². The SMILES string of the molecule is CC1(C)OC(=O)C(=CNc2cc(C#N)ccc2C(=O)O)C(=O)O1. The molecule has 0 aromatic heterocycles. The van der Waals surface area contributed by atoms with Gasteiger partial charge in [0.05, 0.1) is 22.9 Å². The molecule has 8 heteroatoms. The molecule has 1 fully saturated rings. The maximum Gasteiger partial charge on any atom is 0.350 e. The van der Waals surface area contributed by atoms with E-state index >= 15 is 0 Å². The van der Waals surface area contributed by atoms with Crippen LogP contribution >= 0.6 is 0 Å². The summed E-state index contributed by atoms with van der Waals surface area (Å²) in [5, 5.41) is 20.5. The Kier molecular flexibility index (Phi) is 4.05. The molecule has 1 aliphatic heterocycles. The zero-order valence-electron chi connectivity index (χ0n) is 12.2. The van der Waals surface area contributed by atoms with E-state index in [1.165, 1.54) is 32.0 Å². The predicted molar refractivity (Wildman–Crippen MR) is 76.1 cm³/mol. The molecule has 8 nitrogen and oxygen atoms in total. The van der Waals surface area contributed by atoms with Crippen LogP contribution in [0.2, 0.25) is 0 Å². The normalized spacial score (nSPS) is 16.0. The number of hydrogen-bond acceptors (Lipinski definition) is 7. The fourth-order valence-electron chi connectivity index (χ4n) is 1.85. The van der Waals surface area contributed by atoms with E-state index in [1.54, 1.807) is 0 Å². The minimum atomic E-state index is -1.36. The van der Waals surface area contributed by atoms with Crippen LogP contribution in [0.4, 0.5) is 5.69 Å². The average Bonchev–Trinajstić information content (AvgIpc) is 2.44. The quantitative estimate of drug-likeness (QED) is 0.486. The zero-order chi connectivity index (χ0) is 17.2. The molecule has 1 aliphatic rings. The molecular formula is C15H12N2O6. The van der Waals surface area contributed by atoms with Crippen LogP contribution in [0.5, 0.6) is 0 Å². The highest BCUT2D eigenvalue weighted by Gasteiger charge is 2.39. The number of carbonyl (C=O) groups is 3. The van der Waals surface area contributed by atoms with Crippen molar-refractivity contribution in [3.63, 3.8) is 0 Å². The van der Waals surface area contributed by atoms with Crippen molar-refractivity contribution < 1.29 is 29.0 Å². The van der Waals surface area contributed by atoms with Crippen molar-refractivity contribution in [3.05, 3.63) is 41.1 Å². The predicted octanol–water partition coefficient (Wildman–Crippen LogP) is 1.39. The lowest BCUT2D eigenvalue weighted by Gasteiger charge is -2.29. The number of ether oxygens (including phenoxy) is 2. The molecule has 2 N–H and O–H groups in total. The molecule has 1 heterocycles. The van der Waals surface area contributed by atoms with Gasteiger partial charge in [-0.05, 0) is 18.2 Å². The molecule has 0 aliphatic carbocycles. The fraction of sp³-hybridized carbons (Fsp3) is 0.200. The Bertz CT molecular complexity index is 751. The summed E-state index contributed by atoms with van der Waals surface area (Å²) in [6.07, 6.45) is 0.989. The molecule has 0 saturated carbocycles. The molecule has 1 aromatic rings. The van der Waals surface area contributed by atoms with Crippen molar-refractivity contribution in [1.29, 1.82) is 5.26 Å². The Morgan fingerprint density at radius 2 is 1.91 bits per heavy atom. The summed E-state index contributed by atoms with van der Waals surface area (Å²) in [5.74, 6) is -4.39. The monoisotopic (exact) mass is 316 g/mol. The second-order valence-electron chi connectivity index (χ2n) is 5.06. The molecule has 0 spiro atoms. The molecule has 23 heavy (non-hydrogen) atoms. The number of hydrogen-bond donors (Lipinski definition) is 2. The molecule has 0 radical (unpaired) electrons. The number of carboxylic acid groups (broad SMARTS) is 1. The number of esters is 2. The third-order valence-corrected chi connectivity index (χ3v) is 2.87. The number of benzene rings is 1. The second kappa shape index (κ2) is 5.81. The molecule has 1 saturated heterocycles. The van der Waals surface area contributed by atoms with E-state index in [1.807, 2.05) is 6.07 Å². The van der Waals surface area contributed by atoms with E-state index in [9.17, 15) is 14.4 Å². The highest BCUT2D eigenvalue weighted by Crippen LogP contribution is 2.23. The zero-order valence-corrected chi connectivity index (χ0v) is 12.2. The van der Waals surface area contributed by atoms with Crippen molar-refractivity contribution in [2.75, 3.05) is 5.32 Å². The van der Waals surface area contributed by atoms with Crippen LogP contribution in [0.3, 0.4) is 0 Å². The standard InChI is InChI=1S/C15H12N2O6/c1-15(2)22-13(20)10(14(21)23-15)7-17-11-5-8(6-16)3-4-9(11)12(18)19/h3-5,7,17H,1-2H3,(H,18,19). The second-order valence-corrected chi connectivity index (χ2v) is 5.06. The summed E-state index contributed by atoms with van der Waals surface area (Å²) in [4.78, 5) is 34.7. The fourth-order valence-corrected chi connectivity index (χ4v) is 1.85. The summed E-state index contributed by atoms with van der Waals surface area (Å²) >= 11 is 0. The Hall–Kier alpha value is -3.34. The van der Waals surface area contributed by atoms with Crippen LogP contribution in [0.1, 0.15) is 29.8 Å². The first kappa shape index (κ1) is 16.0. The van der Waals surface area contributed by atoms with Gasteiger partial charge in [-0.3, -0.25) is 0 Å². The number of cyclic esters (lactones) is 2. The third kappa shape index (κ3) is 3.47. The van der Waals surface area contributed by atoms with Crippen LogP contribution in [-0.2, 0) is 19.1 Å². The number of nitriles is 1. The van der Waals surface area contributed by atoms with Gasteiger partial charge in [-0.25, -0.2) is 14.4 Å². The number of carbonyl (C=O) groups excluding carboxylic acids is 2. The number of nitrogens with one attached hydrogen (secondary N) is 1. The van der Waals surface area contributed by atoms with E-state index < -0.39 is 29.3 Å². The Balaban J connectivity index is 2.33. The van der Waals surface area contributed by atoms with E-state index in [4.69, 9.17) is 19.8 Å². The summed E-state index contributed by atoms with van der Waals surface area (Å²) in [6.45, 7) is 2.82. The van der Waals surface area contributed by atoms with Crippen molar-refractivity contribution >= 4 is 23.6 Å². The lowest BCUT2D eigenvalue weighted by atomic mass is 10.1. The van der Waals surface area contributed by atoms with Crippen molar-refractivity contribution in [3.8, 4) is 6.07 Å². The van der Waals surface area contributed by atoms with Gasteiger partial charge in [0.1, 0.15) is 0 Å². The van der Waals surface area contributed by atoms with Crippen LogP contribution in [0, 0.1) is 11.3 Å². The Morgan fingerprint density at radius 1 is 1.30 bits per heavy atom. The molecule has 118 valence electrons. The summed E-state index contributed by atoms with van der Waals surface area (Å²) in [6, 6.07) is 5.72. The maximum atomic E-state index is 11.8. The van der Waals surface area contributed by atoms with Crippen molar-refractivity contribution in [2.24, 2.45) is 0 Å². The van der Waals surface area contributed by atoms with Gasteiger partial charge in [0, 0.05) is 20.0 Å². The molecule has 0 unspecified atom stereocenters. The first-order chi connectivity index (χ1) is 10.7. The number of aromatic carboxylic acids is 1. The minimum Gasteiger partial charge on any atom is -0.478 e. The van der Waals surface area contributed by atoms with Gasteiger partial charge in [0.15, 0.2) is 5.57 Å². The molecule has 0 atom stereocenters. The van der Waals surface area contributed by atoms with Gasteiger partial charge in [-0.1, -0.05) is 0 Å². The number of anilines is 1. The van der Waals surface area contributed by atoms with E-state index in [0.717, 1.165) is 6.20 Å². The number of carboxylic acids is 1. The maximum absolute atomic E-state index is 11.8. The van der Waals surface area contributed by atoms with Crippen LogP contribution in [0.15, 0.2) is 30.0 Å². The lowest BCUT2D eigenvalue weighted by Crippen LogP contribution is -2.42. The van der Waals surface area contributed by atoms with Crippen molar-refractivity contribution in [1.82, 2.24) is 0 Å². The van der Waals surface area contributed by atoms with E-state index in [2.05, 4.69) is 5.32 Å². The summed E-state index contributed by atoms with van der Waals surface area (Å²) in [5.41, 5.74) is -0.276. The highest BCUT2D eigenvalue weighted by molar-refractivity contribution is 6.15. The minimum absolute atomic E-state index is 0.0504. The van der Waals surface area contributed by atoms with Crippen LogP contribution in [-0.4, -0.2) is 28.8 Å². The summed E-state index contributed by atoms with van der Waals surface area (Å²) in [7, 11) is 0. The van der Waals surface area contributed by atoms with Gasteiger partial charge in [-0.15, -0.1) is 0 Å². The topological polar surface area (TPSA) is 126 Å². The van der Waals surface area contributed by atoms with E-state index in [-0.39, 0.29) is 16.8 Å². The Labute approximate surface area is 130 Å². The molecule has 1 aromatic carbocycles. The molecule has 2 rings (SSSR count). The smallest absolute Gasteiger partial charge is 0.350 e. The van der Waals surface area contributed by atoms with Gasteiger partial charge in [-0.2, -0.15) is 5.26 Å². The Morgan fingerprint density at radius 3 is 2.43 bits per heavy atom. The largest absolute Gasteiger partial charge is 0.478 e. The average molecular weight is 316 g/mol. The number of rotatable bonds is 3. The summed E-state index contributed by atoms with van der Waals surface area (Å²) < 4.78 is 9.82. The van der Waals surface area contributed by atoms with Gasteiger partial charge in [0.25, 0.3) is 5.79 Å². The third-order valence-electron chi connectivity index (χ3n) is 2.87. The van der Waals surface area contributed by atoms with Gasteiger partial charge >= 0.3 is 17.9 Å². The lowest BCUT2D eigenvalue weighted by molar-refractivity contribution is -0.222. The molecular weight excluding hydrogens is 304 g/mol. The van der Waals surface area contributed by atoms with Gasteiger partial charge < -0.3 is 19.9 Å². The molecule has 0 bridgehead atoms. The van der Waals surface area contributed by atoms with Gasteiger partial charge in [0.2, 0.25) is 0 Å². The highest BCUT2D eigenvalue weighted by atomic mass is 16.7. The number of nitrogens with zero attached hydrogens (tertiary/aromatic N) is 1.